The number of amides is 1. The van der Waals surface area contributed by atoms with Gasteiger partial charge in [-0.1, -0.05) is 206 Å². The first kappa shape index (κ1) is 105. The zero-order valence-electron chi connectivity index (χ0n) is 66.3. The highest BCUT2D eigenvalue weighted by molar-refractivity contribution is 8.77. The number of piperidine rings is 4. The average molecular weight is 1910 g/mol. The second-order valence-corrected chi connectivity index (χ2v) is 38.9. The molecule has 1 amide bonds. The van der Waals surface area contributed by atoms with Crippen molar-refractivity contribution in [2.75, 3.05) is 117 Å². The van der Waals surface area contributed by atoms with E-state index in [0.29, 0.717) is 124 Å². The van der Waals surface area contributed by atoms with Crippen LogP contribution in [0.1, 0.15) is 91.9 Å². The predicted molar refractivity (Wildman–Crippen MR) is 479 cm³/mol. The normalized spacial score (nSPS) is 19.9. The first-order valence-electron chi connectivity index (χ1n) is 37.2. The Morgan fingerprint density at radius 3 is 0.975 bits per heavy atom. The second kappa shape index (κ2) is 55.7. The molecule has 12 N–H and O–H groups in total. The van der Waals surface area contributed by atoms with Crippen LogP contribution in [0.2, 0.25) is 20.1 Å². The summed E-state index contributed by atoms with van der Waals surface area (Å²) in [7, 11) is 16.9. The van der Waals surface area contributed by atoms with Gasteiger partial charge in [0.05, 0.1) is 47.5 Å². The molecule has 30 nitrogen and oxygen atoms in total. The molecule has 4 aromatic carbocycles. The fourth-order valence-corrected chi connectivity index (χ4v) is 24.5. The number of methoxy groups -OCH3 is 4. The van der Waals surface area contributed by atoms with Gasteiger partial charge in [-0.3, -0.25) is 34.0 Å². The minimum Gasteiger partial charge on any atom is -0.481 e. The molecular formula is C79H97Cl4N7O23S8. The van der Waals surface area contributed by atoms with Gasteiger partial charge in [-0.25, -0.2) is 43.2 Å². The van der Waals surface area contributed by atoms with Crippen molar-refractivity contribution in [3.05, 3.63) is 186 Å². The van der Waals surface area contributed by atoms with Crippen LogP contribution in [0.15, 0.2) is 144 Å². The van der Waals surface area contributed by atoms with Gasteiger partial charge in [0.2, 0.25) is 5.91 Å². The third kappa shape index (κ3) is 35.0. The molecule has 4 aliphatic rings. The summed E-state index contributed by atoms with van der Waals surface area (Å²) in [6.07, 6.45) is 6.81. The maximum Gasteiger partial charge on any atom is 0.328 e. The maximum atomic E-state index is 12.6. The van der Waals surface area contributed by atoms with Gasteiger partial charge in [-0.2, -0.15) is 0 Å². The van der Waals surface area contributed by atoms with E-state index in [9.17, 15) is 83.1 Å². The quantitative estimate of drug-likeness (QED) is 0.00655. The summed E-state index contributed by atoms with van der Waals surface area (Å²) in [5.41, 5.74) is 16.5. The monoisotopic (exact) mass is 1910 g/mol. The van der Waals surface area contributed by atoms with E-state index in [1.54, 1.807) is 123 Å². The van der Waals surface area contributed by atoms with E-state index >= 15 is 0 Å². The average Bonchev–Trinajstić information content (AvgIpc) is 0.768. The Morgan fingerprint density at radius 1 is 0.446 bits per heavy atom. The Balaban J connectivity index is 0.000000288. The minimum absolute atomic E-state index is 0.0124. The summed E-state index contributed by atoms with van der Waals surface area (Å²) >= 11 is 25.3. The highest BCUT2D eigenvalue weighted by atomic mass is 35.5. The Morgan fingerprint density at radius 2 is 0.727 bits per heavy atom. The molecule has 10 atom stereocenters. The molecule has 0 radical (unpaired) electrons. The molecule has 0 aromatic heterocycles. The van der Waals surface area contributed by atoms with Crippen LogP contribution in [0, 0.1) is 0 Å². The Hall–Kier alpha value is -6.64. The number of nitrogens with zero attached hydrogens (tertiary/aromatic N) is 4. The minimum atomic E-state index is -1.14. The smallest absolute Gasteiger partial charge is 0.328 e. The summed E-state index contributed by atoms with van der Waals surface area (Å²) in [6.45, 7) is 5.18. The summed E-state index contributed by atoms with van der Waals surface area (Å²) in [5, 5.41) is 67.9. The molecule has 4 saturated heterocycles. The third-order valence-electron chi connectivity index (χ3n) is 18.4. The van der Waals surface area contributed by atoms with Crippen molar-refractivity contribution in [2.45, 2.75) is 103 Å². The maximum absolute atomic E-state index is 12.6. The first-order chi connectivity index (χ1) is 57.7. The number of carboxylic acid groups (broad SMARTS) is 6. The molecule has 0 spiro atoms. The number of nitrogens with two attached hydrogens (primary N) is 2. The number of hydrogen-bond acceptors (Lipinski definition) is 31. The number of halogens is 4. The van der Waals surface area contributed by atoms with Gasteiger partial charge < -0.3 is 71.5 Å². The summed E-state index contributed by atoms with van der Waals surface area (Å²) in [5.74, 6) is -7.26. The number of rotatable bonds is 38. The third-order valence-corrected chi connectivity index (χ3v) is 31.3. The van der Waals surface area contributed by atoms with Crippen molar-refractivity contribution >= 4 is 204 Å². The van der Waals surface area contributed by atoms with Crippen LogP contribution < -0.4 is 16.8 Å². The summed E-state index contributed by atoms with van der Waals surface area (Å²) in [6, 6.07) is 23.3. The number of hydrogen-bond donors (Lipinski definition) is 10. The number of carboxylic acids is 6. The number of ether oxygens (including phenoxy) is 4. The molecule has 121 heavy (non-hydrogen) atoms. The molecule has 4 aliphatic heterocycles. The van der Waals surface area contributed by atoms with Crippen LogP contribution in [-0.2, 0) is 76.5 Å². The Kier molecular flexibility index (Phi) is 48.2. The van der Waals surface area contributed by atoms with Crippen LogP contribution in [0.5, 0.6) is 0 Å². The number of Topliss-reactive ketones (excluding diaryl/α,β-unsaturated/α-hetero) is 1. The largest absolute Gasteiger partial charge is 0.481 e. The number of carbonyl (C=O) groups excluding carboxylic acids is 6. The fourth-order valence-electron chi connectivity index (χ4n) is 12.8. The van der Waals surface area contributed by atoms with Gasteiger partial charge in [0, 0.05) is 161 Å². The van der Waals surface area contributed by atoms with Crippen molar-refractivity contribution in [1.82, 2.24) is 24.9 Å². The number of aliphatic hydroxyl groups is 1. The highest BCUT2D eigenvalue weighted by Gasteiger charge is 2.41. The zero-order chi connectivity index (χ0) is 89.4. The van der Waals surface area contributed by atoms with Crippen LogP contribution in [0.4, 0.5) is 0 Å². The van der Waals surface area contributed by atoms with Crippen LogP contribution in [0.25, 0.3) is 0 Å². The Bertz CT molecular complexity index is 4210. The molecule has 0 saturated carbocycles. The Labute approximate surface area is 752 Å². The molecule has 9 unspecified atom stereocenters. The van der Waals surface area contributed by atoms with Crippen molar-refractivity contribution < 1.29 is 112 Å². The standard InChI is InChI=1S/C22H27ClN2O7S2.C21H25ClN2O7S2.C18H23ClN2O4S2.C18H22ClNO5S2/c1-32-22(31)21(14-4-2-3-5-15(14)23)25-9-8-18(13(11-25)10-20(29)30)34-33-12-16(24)17(26)6-7-19(27)28;1-12(25)23-16(20(28)29)11-32-33-17-7-8-24(10-13(17)9-18(26)27)19(21(30)31-2)14-5-3-4-6-15(14)22;1-25-18(24)17(13-4-2-3-5-14(13)19)21-8-6-15(27-26-9-7-20)12(11-21)10-16(22)23;1-25-18(24)17(13-4-2-3-5-14(13)19)20-7-6-15(27-26-9-8-21)12(11-20)10-16(22)23/h2-5,10,16,18,21H,6-9,11-12,24H2,1H3,(H,27,28)(H,29,30);3-6,9,16-17,19H,7-8,10-11H2,1-2H3,(H,23,25)(H,26,27)(H,28,29);2-5,10,15,17H,6-9,11,20H2,1H3,(H,22,23);2-5,10,15,17,21H,6-9,11H2,1H3,(H,22,23)/b13-10-;13-9-;2*12-10-/t;16-,17?,19?;;/m.0../s1. The lowest BCUT2D eigenvalue weighted by atomic mass is 9.98. The molecule has 0 bridgehead atoms. The summed E-state index contributed by atoms with van der Waals surface area (Å²) < 4.78 is 20.0. The SMILES string of the molecule is COC(=O)C(c1ccccc1Cl)N1CCC(SSCC(N)C(=O)CCC(=O)O)/C(=C\C(=O)O)C1.COC(=O)C(c1ccccc1Cl)N1CCC(SSCCN)/C(=C\C(=O)O)C1.COC(=O)C(c1ccccc1Cl)N1CCC(SSCCO)/C(=C\C(=O)O)C1.COC(=O)C(c1ccccc1Cl)N1CCC(SSC[C@H](NC(C)=O)C(=O)O)/C(=C\C(=O)O)C1. The molecule has 42 heteroatoms. The second-order valence-electron chi connectivity index (χ2n) is 26.7. The van der Waals surface area contributed by atoms with E-state index in [0.717, 1.165) is 35.5 Å². The molecule has 8 rings (SSSR count). The number of carbonyl (C=O) groups is 12. The number of aliphatic hydroxyl groups excluding tert-OH is 1. The summed E-state index contributed by atoms with van der Waals surface area (Å²) in [4.78, 5) is 148. The molecule has 0 aliphatic carbocycles. The molecular weight excluding hydrogens is 1810 g/mol. The lowest BCUT2D eigenvalue weighted by Crippen LogP contribution is -2.43. The van der Waals surface area contributed by atoms with Gasteiger partial charge in [0.15, 0.2) is 5.78 Å². The van der Waals surface area contributed by atoms with E-state index in [1.165, 1.54) is 101 Å². The van der Waals surface area contributed by atoms with Crippen LogP contribution in [0.3, 0.4) is 0 Å². The number of esters is 4. The van der Waals surface area contributed by atoms with Gasteiger partial charge in [0.1, 0.15) is 30.2 Å². The van der Waals surface area contributed by atoms with Crippen molar-refractivity contribution in [3.8, 4) is 0 Å². The van der Waals surface area contributed by atoms with Gasteiger partial charge in [-0.05, 0) is 94.5 Å². The fraction of sp³-hybridized carbons (Fsp3) is 0.443. The molecule has 4 heterocycles. The van der Waals surface area contributed by atoms with E-state index < -0.39 is 102 Å². The van der Waals surface area contributed by atoms with E-state index in [-0.39, 0.29) is 70.8 Å². The van der Waals surface area contributed by atoms with Gasteiger partial charge in [0.25, 0.3) is 0 Å². The predicted octanol–water partition coefficient (Wildman–Crippen LogP) is 11.4. The zero-order valence-corrected chi connectivity index (χ0v) is 75.9. The van der Waals surface area contributed by atoms with E-state index in [4.69, 9.17) is 87.0 Å². The van der Waals surface area contributed by atoms with Crippen LogP contribution >= 0.6 is 133 Å². The number of aliphatic carboxylic acids is 6. The molecule has 4 aromatic rings. The lowest BCUT2D eigenvalue weighted by molar-refractivity contribution is -0.148. The van der Waals surface area contributed by atoms with Gasteiger partial charge in [-0.15, -0.1) is 0 Å². The molecule has 662 valence electrons. The van der Waals surface area contributed by atoms with Gasteiger partial charge >= 0.3 is 59.7 Å². The van der Waals surface area contributed by atoms with Crippen LogP contribution in [-0.4, -0.2) is 277 Å². The topological polar surface area (TPSA) is 460 Å². The first-order valence-corrected chi connectivity index (χ1v) is 48.2. The van der Waals surface area contributed by atoms with Crippen molar-refractivity contribution in [2.24, 2.45) is 11.5 Å². The van der Waals surface area contributed by atoms with E-state index in [1.807, 2.05) is 25.7 Å². The number of nitrogens with one attached hydrogen (secondary N) is 1. The lowest BCUT2D eigenvalue weighted by Gasteiger charge is -2.37. The van der Waals surface area contributed by atoms with E-state index in [2.05, 4.69) is 5.32 Å². The van der Waals surface area contributed by atoms with Crippen molar-refractivity contribution in [1.29, 1.82) is 0 Å². The molecule has 4 fully saturated rings. The number of benzene rings is 4. The van der Waals surface area contributed by atoms with Crippen molar-refractivity contribution in [3.63, 3.8) is 0 Å². The number of ketones is 1. The number of likely N-dealkylation sites (tertiary alicyclic amines) is 4. The highest BCUT2D eigenvalue weighted by Crippen LogP contribution is 2.45.